The number of fused-ring (bicyclic) bond motifs is 1. The number of hydrogen-bond acceptors (Lipinski definition) is 2. The minimum Gasteiger partial charge on any atom is -0.265 e. The van der Waals surface area contributed by atoms with E-state index in [2.05, 4.69) is 11.2 Å². The Morgan fingerprint density at radius 3 is 3.00 bits per heavy atom. The normalized spacial score (nSPS) is 10.5. The zero-order valence-corrected chi connectivity index (χ0v) is 9.61. The first-order chi connectivity index (χ1) is 7.85. The Kier molecular flexibility index (Phi) is 3.43. The van der Waals surface area contributed by atoms with Gasteiger partial charge < -0.3 is 0 Å². The van der Waals surface area contributed by atoms with Gasteiger partial charge >= 0.3 is 0 Å². The Morgan fingerprint density at radius 1 is 1.38 bits per heavy atom. The van der Waals surface area contributed by atoms with Gasteiger partial charge in [-0.05, 0) is 31.0 Å². The fraction of sp³-hybridized carbons (Fsp3) is 0.333. The average molecular weight is 234 g/mol. The lowest BCUT2D eigenvalue weighted by atomic mass is 10.2. The third-order valence-corrected chi connectivity index (χ3v) is 2.79. The van der Waals surface area contributed by atoms with E-state index in [0.29, 0.717) is 11.4 Å². The fourth-order valence-electron chi connectivity index (χ4n) is 1.67. The van der Waals surface area contributed by atoms with E-state index in [9.17, 15) is 0 Å². The van der Waals surface area contributed by atoms with Crippen LogP contribution in [0.15, 0.2) is 24.4 Å². The van der Waals surface area contributed by atoms with Crippen LogP contribution in [0.5, 0.6) is 0 Å². The molecule has 0 N–H and O–H groups in total. The molecule has 0 unspecified atom stereocenters. The number of hydrogen-bond donors (Lipinski definition) is 0. The molecule has 0 aliphatic carbocycles. The number of alkyl halides is 1. The van der Waals surface area contributed by atoms with Gasteiger partial charge in [-0.15, -0.1) is 11.6 Å². The summed E-state index contributed by atoms with van der Waals surface area (Å²) in [7, 11) is 0. The molecular formula is C12H12ClN3. The summed E-state index contributed by atoms with van der Waals surface area (Å²) in [5, 5.41) is 14.2. The zero-order valence-electron chi connectivity index (χ0n) is 8.86. The highest BCUT2D eigenvalue weighted by molar-refractivity contribution is 6.17. The monoisotopic (exact) mass is 233 g/mol. The van der Waals surface area contributed by atoms with Crippen molar-refractivity contribution in [3.63, 3.8) is 0 Å². The van der Waals surface area contributed by atoms with E-state index in [4.69, 9.17) is 16.9 Å². The maximum atomic E-state index is 8.84. The highest BCUT2D eigenvalue weighted by Crippen LogP contribution is 2.16. The molecule has 2 rings (SSSR count). The Hall–Kier alpha value is -1.53. The number of aryl methyl sites for hydroxylation is 1. The van der Waals surface area contributed by atoms with Gasteiger partial charge in [-0.2, -0.15) is 10.4 Å². The van der Waals surface area contributed by atoms with Crippen LogP contribution in [0.3, 0.4) is 0 Å². The summed E-state index contributed by atoms with van der Waals surface area (Å²) in [6.45, 7) is 0.852. The lowest BCUT2D eigenvalue weighted by Gasteiger charge is -2.02. The van der Waals surface area contributed by atoms with Crippen molar-refractivity contribution in [2.75, 3.05) is 5.88 Å². The van der Waals surface area contributed by atoms with E-state index < -0.39 is 0 Å². The summed E-state index contributed by atoms with van der Waals surface area (Å²) in [6.07, 6.45) is 3.83. The summed E-state index contributed by atoms with van der Waals surface area (Å²) in [5.41, 5.74) is 1.69. The van der Waals surface area contributed by atoms with Gasteiger partial charge in [-0.1, -0.05) is 0 Å². The Balaban J connectivity index is 2.28. The molecule has 0 radical (unpaired) electrons. The lowest BCUT2D eigenvalue weighted by Crippen LogP contribution is -2.00. The molecule has 4 heteroatoms. The Morgan fingerprint density at radius 2 is 2.25 bits per heavy atom. The van der Waals surface area contributed by atoms with Crippen molar-refractivity contribution >= 4 is 22.5 Å². The summed E-state index contributed by atoms with van der Waals surface area (Å²) in [5.74, 6) is 0.683. The minimum atomic E-state index is 0.673. The fourth-order valence-corrected chi connectivity index (χ4v) is 1.86. The molecule has 0 fully saturated rings. The van der Waals surface area contributed by atoms with Crippen LogP contribution in [-0.4, -0.2) is 15.7 Å². The molecule has 0 spiro atoms. The first-order valence-corrected chi connectivity index (χ1v) is 5.80. The lowest BCUT2D eigenvalue weighted by molar-refractivity contribution is 0.590. The summed E-state index contributed by atoms with van der Waals surface area (Å²) in [4.78, 5) is 0. The third-order valence-electron chi connectivity index (χ3n) is 2.53. The van der Waals surface area contributed by atoms with Gasteiger partial charge in [0.2, 0.25) is 0 Å². The summed E-state index contributed by atoms with van der Waals surface area (Å²) >= 11 is 5.63. The molecule has 1 heterocycles. The largest absolute Gasteiger partial charge is 0.265 e. The molecule has 0 saturated carbocycles. The van der Waals surface area contributed by atoms with Crippen molar-refractivity contribution in [3.8, 4) is 6.07 Å². The number of unbranched alkanes of at least 4 members (excludes halogenated alkanes) is 1. The highest BCUT2D eigenvalue weighted by Gasteiger charge is 2.03. The first-order valence-electron chi connectivity index (χ1n) is 5.27. The molecule has 1 aromatic carbocycles. The van der Waals surface area contributed by atoms with Crippen LogP contribution >= 0.6 is 11.6 Å². The quantitative estimate of drug-likeness (QED) is 0.602. The molecular weight excluding hydrogens is 222 g/mol. The SMILES string of the molecule is N#Cc1ccc2cnn(CCCCCl)c2c1. The second-order valence-corrected chi connectivity index (χ2v) is 4.03. The molecule has 0 amide bonds. The van der Waals surface area contributed by atoms with E-state index in [1.807, 2.05) is 29.1 Å². The van der Waals surface area contributed by atoms with Crippen LogP contribution in [0.2, 0.25) is 0 Å². The van der Waals surface area contributed by atoms with Crippen molar-refractivity contribution in [2.45, 2.75) is 19.4 Å². The minimum absolute atomic E-state index is 0.673. The summed E-state index contributed by atoms with van der Waals surface area (Å²) in [6, 6.07) is 7.76. The van der Waals surface area contributed by atoms with Crippen LogP contribution in [0.4, 0.5) is 0 Å². The maximum absolute atomic E-state index is 8.84. The van der Waals surface area contributed by atoms with Gasteiger partial charge in [0, 0.05) is 17.8 Å². The summed E-state index contributed by atoms with van der Waals surface area (Å²) < 4.78 is 1.93. The van der Waals surface area contributed by atoms with Crippen molar-refractivity contribution in [1.29, 1.82) is 5.26 Å². The number of nitriles is 1. The molecule has 0 aliphatic heterocycles. The van der Waals surface area contributed by atoms with Crippen molar-refractivity contribution < 1.29 is 0 Å². The van der Waals surface area contributed by atoms with Gasteiger partial charge in [-0.3, -0.25) is 4.68 Å². The van der Waals surface area contributed by atoms with Crippen molar-refractivity contribution in [1.82, 2.24) is 9.78 Å². The molecule has 82 valence electrons. The molecule has 0 bridgehead atoms. The molecule has 2 aromatic rings. The van der Waals surface area contributed by atoms with Gasteiger partial charge in [0.15, 0.2) is 0 Å². The van der Waals surface area contributed by atoms with Gasteiger partial charge in [0.05, 0.1) is 23.3 Å². The number of rotatable bonds is 4. The van der Waals surface area contributed by atoms with Gasteiger partial charge in [0.25, 0.3) is 0 Å². The van der Waals surface area contributed by atoms with Gasteiger partial charge in [-0.25, -0.2) is 0 Å². The number of halogens is 1. The van der Waals surface area contributed by atoms with Crippen LogP contribution in [0, 0.1) is 11.3 Å². The van der Waals surface area contributed by atoms with Crippen LogP contribution in [0.1, 0.15) is 18.4 Å². The van der Waals surface area contributed by atoms with Crippen LogP contribution < -0.4 is 0 Å². The second kappa shape index (κ2) is 5.00. The molecule has 3 nitrogen and oxygen atoms in total. The third kappa shape index (κ3) is 2.17. The van der Waals surface area contributed by atoms with E-state index in [1.54, 1.807) is 0 Å². The van der Waals surface area contributed by atoms with E-state index in [1.165, 1.54) is 0 Å². The van der Waals surface area contributed by atoms with E-state index >= 15 is 0 Å². The first kappa shape index (κ1) is 11.0. The predicted octanol–water partition coefficient (Wildman–Crippen LogP) is 2.93. The van der Waals surface area contributed by atoms with Gasteiger partial charge in [0.1, 0.15) is 0 Å². The zero-order chi connectivity index (χ0) is 11.4. The van der Waals surface area contributed by atoms with Crippen LogP contribution in [-0.2, 0) is 6.54 Å². The molecule has 16 heavy (non-hydrogen) atoms. The Labute approximate surface area is 99.2 Å². The number of benzene rings is 1. The van der Waals surface area contributed by atoms with Crippen molar-refractivity contribution in [3.05, 3.63) is 30.0 Å². The standard InChI is InChI=1S/C12H12ClN3/c13-5-1-2-6-16-12-7-10(8-14)3-4-11(12)9-15-16/h3-4,7,9H,1-2,5-6H2. The predicted molar refractivity (Wildman–Crippen MR) is 64.4 cm³/mol. The van der Waals surface area contributed by atoms with Crippen LogP contribution in [0.25, 0.3) is 10.9 Å². The molecule has 0 atom stereocenters. The van der Waals surface area contributed by atoms with E-state index in [0.717, 1.165) is 30.3 Å². The topological polar surface area (TPSA) is 41.6 Å². The number of aromatic nitrogens is 2. The number of nitrogens with zero attached hydrogens (tertiary/aromatic N) is 3. The van der Waals surface area contributed by atoms with Crippen molar-refractivity contribution in [2.24, 2.45) is 0 Å². The second-order valence-electron chi connectivity index (χ2n) is 3.65. The average Bonchev–Trinajstić information content (AvgIpc) is 2.72. The Bertz CT molecular complexity index is 525. The van der Waals surface area contributed by atoms with E-state index in [-0.39, 0.29) is 0 Å². The highest BCUT2D eigenvalue weighted by atomic mass is 35.5. The smallest absolute Gasteiger partial charge is 0.0992 e. The molecule has 1 aromatic heterocycles. The molecule has 0 saturated heterocycles. The maximum Gasteiger partial charge on any atom is 0.0992 e. The molecule has 0 aliphatic rings.